The molecule has 0 amide bonds. The number of carboxylic acid groups (broad SMARTS) is 1. The molecule has 0 saturated heterocycles. The summed E-state index contributed by atoms with van der Waals surface area (Å²) in [4.78, 5) is 13.9. The van der Waals surface area contributed by atoms with Crippen molar-refractivity contribution in [1.29, 1.82) is 0 Å². The smallest absolute Gasteiger partial charge is 0.356 e. The van der Waals surface area contributed by atoms with Crippen LogP contribution in [-0.4, -0.2) is 16.1 Å². The molecule has 0 aliphatic carbocycles. The third-order valence-corrected chi connectivity index (χ3v) is 1.47. The predicted octanol–water partition coefficient (Wildman–Crippen LogP) is 1.02. The van der Waals surface area contributed by atoms with Gasteiger partial charge in [0, 0.05) is 6.20 Å². The molecule has 0 aliphatic rings. The second-order valence-electron chi connectivity index (χ2n) is 1.86. The number of aromatic carboxylic acids is 1. The van der Waals surface area contributed by atoms with Crippen LogP contribution in [0.3, 0.4) is 0 Å². The molecule has 58 valence electrons. The Bertz CT molecular complexity index is 301. The zero-order valence-corrected chi connectivity index (χ0v) is 6.17. The van der Waals surface area contributed by atoms with E-state index in [1.54, 1.807) is 0 Å². The molecule has 0 radical (unpaired) electrons. The zero-order chi connectivity index (χ0) is 8.43. The van der Waals surface area contributed by atoms with Crippen LogP contribution in [-0.2, 0) is 0 Å². The van der Waals surface area contributed by atoms with Gasteiger partial charge in [0.15, 0.2) is 5.69 Å². The summed E-state index contributed by atoms with van der Waals surface area (Å²) in [5, 5.41) is 8.69. The number of carbonyl (C=O) groups is 1. The lowest BCUT2D eigenvalue weighted by atomic mass is 10.3. The van der Waals surface area contributed by atoms with Crippen molar-refractivity contribution in [1.82, 2.24) is 4.98 Å². The van der Waals surface area contributed by atoms with E-state index in [2.05, 4.69) is 4.98 Å². The van der Waals surface area contributed by atoms with Crippen LogP contribution in [0.4, 0.5) is 5.69 Å². The highest BCUT2D eigenvalue weighted by Crippen LogP contribution is 2.19. The van der Waals surface area contributed by atoms with Gasteiger partial charge in [-0.1, -0.05) is 11.6 Å². The molecule has 0 spiro atoms. The number of carboxylic acids is 1. The van der Waals surface area contributed by atoms with Gasteiger partial charge >= 0.3 is 5.97 Å². The van der Waals surface area contributed by atoms with E-state index in [9.17, 15) is 4.79 Å². The number of nitrogens with two attached hydrogens (primary N) is 1. The van der Waals surface area contributed by atoms with Crippen molar-refractivity contribution in [3.63, 3.8) is 0 Å². The maximum atomic E-state index is 10.4. The summed E-state index contributed by atoms with van der Waals surface area (Å²) in [6.45, 7) is 0. The first-order chi connectivity index (χ1) is 5.13. The maximum Gasteiger partial charge on any atom is 0.356 e. The van der Waals surface area contributed by atoms with Gasteiger partial charge < -0.3 is 10.8 Å². The van der Waals surface area contributed by atoms with Gasteiger partial charge in [-0.15, -0.1) is 0 Å². The Morgan fingerprint density at radius 1 is 1.73 bits per heavy atom. The molecule has 1 aromatic heterocycles. The maximum absolute atomic E-state index is 10.4. The first-order valence-corrected chi connectivity index (χ1v) is 3.14. The molecule has 1 rings (SSSR count). The fourth-order valence-electron chi connectivity index (χ4n) is 0.620. The van der Waals surface area contributed by atoms with Crippen molar-refractivity contribution >= 4 is 23.3 Å². The molecule has 11 heavy (non-hydrogen) atoms. The highest BCUT2D eigenvalue weighted by atomic mass is 35.5. The molecule has 3 N–H and O–H groups in total. The van der Waals surface area contributed by atoms with Crippen LogP contribution < -0.4 is 5.73 Å². The third kappa shape index (κ3) is 1.40. The van der Waals surface area contributed by atoms with Crippen LogP contribution in [0.25, 0.3) is 0 Å². The highest BCUT2D eigenvalue weighted by Gasteiger charge is 2.10. The molecule has 0 aromatic carbocycles. The number of rotatable bonds is 1. The van der Waals surface area contributed by atoms with E-state index in [4.69, 9.17) is 22.4 Å². The molecule has 1 heterocycles. The summed E-state index contributed by atoms with van der Waals surface area (Å²) in [5.74, 6) is -1.18. The summed E-state index contributed by atoms with van der Waals surface area (Å²) < 4.78 is 0. The second kappa shape index (κ2) is 2.75. The van der Waals surface area contributed by atoms with Gasteiger partial charge in [-0.25, -0.2) is 9.78 Å². The highest BCUT2D eigenvalue weighted by molar-refractivity contribution is 6.33. The van der Waals surface area contributed by atoms with Gasteiger partial charge in [0.2, 0.25) is 0 Å². The van der Waals surface area contributed by atoms with Crippen molar-refractivity contribution in [2.24, 2.45) is 0 Å². The van der Waals surface area contributed by atoms with Gasteiger partial charge in [0.25, 0.3) is 0 Å². The average molecular weight is 173 g/mol. The predicted molar refractivity (Wildman–Crippen MR) is 40.6 cm³/mol. The van der Waals surface area contributed by atoms with E-state index < -0.39 is 5.97 Å². The van der Waals surface area contributed by atoms with Crippen molar-refractivity contribution in [3.05, 3.63) is 23.0 Å². The molecule has 0 fully saturated rings. The largest absolute Gasteiger partial charge is 0.476 e. The Kier molecular flexibility index (Phi) is 1.96. The molecule has 0 atom stereocenters. The number of halogens is 1. The molecular weight excluding hydrogens is 168 g/mol. The van der Waals surface area contributed by atoms with Gasteiger partial charge in [0.05, 0.1) is 10.7 Å². The number of nitrogen functional groups attached to an aromatic ring is 1. The van der Waals surface area contributed by atoms with Crippen LogP contribution >= 0.6 is 11.6 Å². The lowest BCUT2D eigenvalue weighted by molar-refractivity contribution is 0.0692. The number of aromatic nitrogens is 1. The van der Waals surface area contributed by atoms with E-state index in [1.807, 2.05) is 0 Å². The van der Waals surface area contributed by atoms with Crippen molar-refractivity contribution < 1.29 is 9.90 Å². The minimum Gasteiger partial charge on any atom is -0.476 e. The standard InChI is InChI=1S/C6H5ClN2O2/c7-3-1-2-9-5(4(3)8)6(10)11/h1-2H,8H2,(H,10,11). The van der Waals surface area contributed by atoms with E-state index >= 15 is 0 Å². The van der Waals surface area contributed by atoms with Gasteiger partial charge in [-0.05, 0) is 6.07 Å². The van der Waals surface area contributed by atoms with Crippen molar-refractivity contribution in [3.8, 4) is 0 Å². The quantitative estimate of drug-likeness (QED) is 0.663. The molecular formula is C6H5ClN2O2. The number of nitrogens with zero attached hydrogens (tertiary/aromatic N) is 1. The first-order valence-electron chi connectivity index (χ1n) is 2.76. The molecule has 0 bridgehead atoms. The van der Waals surface area contributed by atoms with E-state index in [0.29, 0.717) is 0 Å². The lowest BCUT2D eigenvalue weighted by Crippen LogP contribution is -2.05. The van der Waals surface area contributed by atoms with Crippen LogP contribution in [0.5, 0.6) is 0 Å². The van der Waals surface area contributed by atoms with Crippen LogP contribution in [0.15, 0.2) is 12.3 Å². The lowest BCUT2D eigenvalue weighted by Gasteiger charge is -1.99. The SMILES string of the molecule is Nc1c(Cl)ccnc1C(=O)O. The summed E-state index contributed by atoms with van der Waals surface area (Å²) >= 11 is 5.53. The van der Waals surface area contributed by atoms with E-state index in [0.717, 1.165) is 0 Å². The molecule has 1 aromatic rings. The number of hydrogen-bond acceptors (Lipinski definition) is 3. The first kappa shape index (κ1) is 7.81. The average Bonchev–Trinajstić information content (AvgIpc) is 1.94. The second-order valence-corrected chi connectivity index (χ2v) is 2.27. The fraction of sp³-hybridized carbons (Fsp3) is 0. The summed E-state index contributed by atoms with van der Waals surface area (Å²) in [7, 11) is 0. The molecule has 5 heteroatoms. The Morgan fingerprint density at radius 2 is 2.36 bits per heavy atom. The molecule has 0 aliphatic heterocycles. The Morgan fingerprint density at radius 3 is 2.82 bits per heavy atom. The molecule has 0 unspecified atom stereocenters. The number of pyridine rings is 1. The van der Waals surface area contributed by atoms with Gasteiger partial charge in [-0.2, -0.15) is 0 Å². The van der Waals surface area contributed by atoms with Gasteiger partial charge in [-0.3, -0.25) is 0 Å². The van der Waals surface area contributed by atoms with Crippen molar-refractivity contribution in [2.75, 3.05) is 5.73 Å². The summed E-state index contributed by atoms with van der Waals surface area (Å²) in [6.07, 6.45) is 1.29. The Balaban J connectivity index is 3.27. The Hall–Kier alpha value is -1.29. The van der Waals surface area contributed by atoms with E-state index in [1.165, 1.54) is 12.3 Å². The summed E-state index contributed by atoms with van der Waals surface area (Å²) in [5.41, 5.74) is 5.10. The molecule has 4 nitrogen and oxygen atoms in total. The minimum absolute atomic E-state index is 0.00154. The number of hydrogen-bond donors (Lipinski definition) is 2. The third-order valence-electron chi connectivity index (χ3n) is 1.14. The van der Waals surface area contributed by atoms with Crippen LogP contribution in [0.1, 0.15) is 10.5 Å². The summed E-state index contributed by atoms with van der Waals surface area (Å²) in [6, 6.07) is 1.43. The topological polar surface area (TPSA) is 76.2 Å². The van der Waals surface area contributed by atoms with Crippen LogP contribution in [0.2, 0.25) is 5.02 Å². The molecule has 0 saturated carbocycles. The number of anilines is 1. The van der Waals surface area contributed by atoms with E-state index in [-0.39, 0.29) is 16.4 Å². The van der Waals surface area contributed by atoms with Gasteiger partial charge in [0.1, 0.15) is 0 Å². The normalized spacial score (nSPS) is 9.55. The monoisotopic (exact) mass is 172 g/mol. The Labute approximate surface area is 67.6 Å². The zero-order valence-electron chi connectivity index (χ0n) is 5.41. The van der Waals surface area contributed by atoms with Crippen LogP contribution in [0, 0.1) is 0 Å². The minimum atomic E-state index is -1.18. The fourth-order valence-corrected chi connectivity index (χ4v) is 0.766. The van der Waals surface area contributed by atoms with Crippen molar-refractivity contribution in [2.45, 2.75) is 0 Å².